The molecule has 2 N–H and O–H groups in total. The first kappa shape index (κ1) is 16.7. The Morgan fingerprint density at radius 1 is 1.38 bits per heavy atom. The molecule has 2 saturated carbocycles. The van der Waals surface area contributed by atoms with Gasteiger partial charge in [-0.3, -0.25) is 10.1 Å². The van der Waals surface area contributed by atoms with E-state index >= 15 is 0 Å². The Morgan fingerprint density at radius 3 is 2.76 bits per heavy atom. The maximum Gasteiger partial charge on any atom is 0.324 e. The second-order valence-corrected chi connectivity index (χ2v) is 6.72. The molecule has 2 unspecified atom stereocenters. The molecule has 5 heteroatoms. The van der Waals surface area contributed by atoms with Crippen molar-refractivity contribution in [3.05, 3.63) is 0 Å². The number of nitrogens with one attached hydrogen (secondary N) is 1. The van der Waals surface area contributed by atoms with Crippen molar-refractivity contribution in [3.63, 3.8) is 0 Å². The second kappa shape index (κ2) is 7.56. The number of hydrogen-bond donors (Lipinski definition) is 2. The molecule has 2 aliphatic rings. The largest absolute Gasteiger partial charge is 0.480 e. The molecule has 2 aliphatic carbocycles. The molecule has 0 aromatic heterocycles. The van der Waals surface area contributed by atoms with Crippen LogP contribution in [0.1, 0.15) is 44.9 Å². The average molecular weight is 298 g/mol. The van der Waals surface area contributed by atoms with Gasteiger partial charge in [0.05, 0.1) is 0 Å². The highest BCUT2D eigenvalue weighted by Crippen LogP contribution is 2.40. The lowest BCUT2D eigenvalue weighted by atomic mass is 9.84. The van der Waals surface area contributed by atoms with E-state index in [9.17, 15) is 9.90 Å². The third-order valence-electron chi connectivity index (χ3n) is 4.99. The van der Waals surface area contributed by atoms with Gasteiger partial charge in [-0.25, -0.2) is 0 Å². The monoisotopic (exact) mass is 298 g/mol. The van der Waals surface area contributed by atoms with Gasteiger partial charge >= 0.3 is 5.97 Å². The number of ether oxygens (including phenoxy) is 1. The van der Waals surface area contributed by atoms with Crippen molar-refractivity contribution in [2.75, 3.05) is 33.9 Å². The fourth-order valence-corrected chi connectivity index (χ4v) is 3.56. The molecule has 0 amide bonds. The van der Waals surface area contributed by atoms with E-state index in [0.29, 0.717) is 6.04 Å². The number of carbonyl (C=O) groups is 1. The molecule has 0 aliphatic heterocycles. The molecule has 2 fully saturated rings. The first-order chi connectivity index (χ1) is 10.1. The average Bonchev–Trinajstić information content (AvgIpc) is 3.15. The third-order valence-corrected chi connectivity index (χ3v) is 4.99. The summed E-state index contributed by atoms with van der Waals surface area (Å²) in [5, 5.41) is 13.2. The van der Waals surface area contributed by atoms with Gasteiger partial charge in [0.1, 0.15) is 5.54 Å². The lowest BCUT2D eigenvalue weighted by Gasteiger charge is -2.33. The number of aliphatic carboxylic acids is 1. The molecule has 0 saturated heterocycles. The van der Waals surface area contributed by atoms with Crippen LogP contribution in [0.5, 0.6) is 0 Å². The minimum Gasteiger partial charge on any atom is -0.480 e. The number of carboxylic acids is 1. The lowest BCUT2D eigenvalue weighted by Crippen LogP contribution is -2.56. The highest BCUT2D eigenvalue weighted by Gasteiger charge is 2.50. The maximum atomic E-state index is 11.9. The molecule has 0 heterocycles. The number of rotatable bonds is 10. The Morgan fingerprint density at radius 2 is 2.14 bits per heavy atom. The lowest BCUT2D eigenvalue weighted by molar-refractivity contribution is -0.147. The molecule has 2 atom stereocenters. The minimum atomic E-state index is -0.658. The highest BCUT2D eigenvalue weighted by atomic mass is 16.5. The zero-order valence-electron chi connectivity index (χ0n) is 13.4. The first-order valence-corrected chi connectivity index (χ1v) is 8.27. The van der Waals surface area contributed by atoms with Crippen molar-refractivity contribution < 1.29 is 14.6 Å². The standard InChI is InChI=1S/C16H30N2O3/c1-18(10-4-12-21-2)11-8-13-5-3-9-16(13,15(19)20)17-14-6-7-14/h13-14,17H,3-12H2,1-2H3,(H,19,20). The van der Waals surface area contributed by atoms with E-state index in [1.807, 2.05) is 0 Å². The molecule has 0 bridgehead atoms. The van der Waals surface area contributed by atoms with Crippen LogP contribution in [0.15, 0.2) is 0 Å². The van der Waals surface area contributed by atoms with Crippen LogP contribution in [0.4, 0.5) is 0 Å². The van der Waals surface area contributed by atoms with E-state index in [2.05, 4.69) is 17.3 Å². The van der Waals surface area contributed by atoms with E-state index in [0.717, 1.165) is 64.6 Å². The quantitative estimate of drug-likeness (QED) is 0.601. The Bertz CT molecular complexity index is 346. The fraction of sp³-hybridized carbons (Fsp3) is 0.938. The predicted octanol–water partition coefficient (Wildman–Crippen LogP) is 1.72. The van der Waals surface area contributed by atoms with Crippen molar-refractivity contribution in [2.45, 2.75) is 56.5 Å². The molecular weight excluding hydrogens is 268 g/mol. The molecule has 5 nitrogen and oxygen atoms in total. The van der Waals surface area contributed by atoms with Gasteiger partial charge < -0.3 is 14.7 Å². The van der Waals surface area contributed by atoms with E-state index in [1.54, 1.807) is 7.11 Å². The molecule has 122 valence electrons. The van der Waals surface area contributed by atoms with Crippen LogP contribution in [0.25, 0.3) is 0 Å². The van der Waals surface area contributed by atoms with E-state index in [1.165, 1.54) is 0 Å². The van der Waals surface area contributed by atoms with Crippen molar-refractivity contribution in [1.82, 2.24) is 10.2 Å². The summed E-state index contributed by atoms with van der Waals surface area (Å²) in [6.45, 7) is 2.77. The van der Waals surface area contributed by atoms with Crippen LogP contribution in [0.3, 0.4) is 0 Å². The molecule has 2 rings (SSSR count). The van der Waals surface area contributed by atoms with Gasteiger partial charge in [-0.15, -0.1) is 0 Å². The third kappa shape index (κ3) is 4.41. The van der Waals surface area contributed by atoms with Crippen LogP contribution in [-0.4, -0.2) is 61.4 Å². The number of nitrogens with zero attached hydrogens (tertiary/aromatic N) is 1. The summed E-state index contributed by atoms with van der Waals surface area (Å²) >= 11 is 0. The van der Waals surface area contributed by atoms with E-state index in [4.69, 9.17) is 4.74 Å². The van der Waals surface area contributed by atoms with Gasteiger partial charge in [0, 0.05) is 26.3 Å². The van der Waals surface area contributed by atoms with Gasteiger partial charge in [0.15, 0.2) is 0 Å². The normalized spacial score (nSPS) is 29.2. The summed E-state index contributed by atoms with van der Waals surface area (Å²) in [5.74, 6) is -0.376. The van der Waals surface area contributed by atoms with Crippen LogP contribution in [-0.2, 0) is 9.53 Å². The summed E-state index contributed by atoms with van der Waals surface area (Å²) < 4.78 is 5.07. The van der Waals surface area contributed by atoms with Crippen molar-refractivity contribution >= 4 is 5.97 Å². The molecule has 0 aromatic carbocycles. The number of hydrogen-bond acceptors (Lipinski definition) is 4. The fourth-order valence-electron chi connectivity index (χ4n) is 3.56. The van der Waals surface area contributed by atoms with E-state index in [-0.39, 0.29) is 5.92 Å². The van der Waals surface area contributed by atoms with Gasteiger partial charge in [-0.1, -0.05) is 6.42 Å². The Labute approximate surface area is 128 Å². The summed E-state index contributed by atoms with van der Waals surface area (Å²) in [5.41, 5.74) is -0.658. The van der Waals surface area contributed by atoms with Crippen molar-refractivity contribution in [2.24, 2.45) is 5.92 Å². The molecule has 0 aromatic rings. The zero-order valence-corrected chi connectivity index (χ0v) is 13.4. The summed E-state index contributed by atoms with van der Waals surface area (Å²) in [7, 11) is 3.84. The van der Waals surface area contributed by atoms with Gasteiger partial charge in [-0.05, 0) is 58.0 Å². The van der Waals surface area contributed by atoms with Gasteiger partial charge in [0.25, 0.3) is 0 Å². The predicted molar refractivity (Wildman–Crippen MR) is 82.5 cm³/mol. The first-order valence-electron chi connectivity index (χ1n) is 8.27. The summed E-state index contributed by atoms with van der Waals surface area (Å²) in [4.78, 5) is 14.2. The maximum absolute atomic E-state index is 11.9. The second-order valence-electron chi connectivity index (χ2n) is 6.72. The van der Waals surface area contributed by atoms with Crippen molar-refractivity contribution in [3.8, 4) is 0 Å². The Kier molecular flexibility index (Phi) is 6.02. The van der Waals surface area contributed by atoms with Gasteiger partial charge in [-0.2, -0.15) is 0 Å². The molecular formula is C16H30N2O3. The number of methoxy groups -OCH3 is 1. The zero-order chi connectivity index (χ0) is 15.3. The highest BCUT2D eigenvalue weighted by molar-refractivity contribution is 5.80. The van der Waals surface area contributed by atoms with Crippen LogP contribution in [0, 0.1) is 5.92 Å². The topological polar surface area (TPSA) is 61.8 Å². The number of carboxylic acid groups (broad SMARTS) is 1. The smallest absolute Gasteiger partial charge is 0.324 e. The minimum absolute atomic E-state index is 0.264. The molecule has 0 spiro atoms. The SMILES string of the molecule is COCCCN(C)CCC1CCCC1(NC1CC1)C(=O)O. The van der Waals surface area contributed by atoms with Crippen molar-refractivity contribution in [1.29, 1.82) is 0 Å². The van der Waals surface area contributed by atoms with E-state index < -0.39 is 11.5 Å². The van der Waals surface area contributed by atoms with Gasteiger partial charge in [0.2, 0.25) is 0 Å². The Balaban J connectivity index is 1.83. The molecule has 0 radical (unpaired) electrons. The summed E-state index contributed by atoms with van der Waals surface area (Å²) in [6.07, 6.45) is 7.13. The van der Waals surface area contributed by atoms with Crippen LogP contribution in [0.2, 0.25) is 0 Å². The van der Waals surface area contributed by atoms with Crippen LogP contribution < -0.4 is 5.32 Å². The summed E-state index contributed by atoms with van der Waals surface area (Å²) in [6, 6.07) is 0.445. The molecule has 21 heavy (non-hydrogen) atoms. The van der Waals surface area contributed by atoms with Crippen LogP contribution >= 0.6 is 0 Å². The Hall–Kier alpha value is -0.650.